The Balaban J connectivity index is 1.09. The molecule has 2 amide bonds. The lowest BCUT2D eigenvalue weighted by atomic mass is 9.52. The van der Waals surface area contributed by atoms with Crippen molar-refractivity contribution in [3.8, 4) is 5.75 Å². The highest BCUT2D eigenvalue weighted by molar-refractivity contribution is 6.24. The number of hydrogen-bond donors (Lipinski definition) is 3. The van der Waals surface area contributed by atoms with E-state index >= 15 is 0 Å². The summed E-state index contributed by atoms with van der Waals surface area (Å²) in [6.07, 6.45) is 10.1. The Morgan fingerprint density at radius 1 is 1.00 bits per heavy atom. The fraction of sp³-hybridized carbons (Fsp3) is 0.667. The van der Waals surface area contributed by atoms with Crippen molar-refractivity contribution in [1.29, 1.82) is 0 Å². The second-order valence-electron chi connectivity index (χ2n) is 10.4. The summed E-state index contributed by atoms with van der Waals surface area (Å²) >= 11 is 6.89. The van der Waals surface area contributed by atoms with Gasteiger partial charge < -0.3 is 20.5 Å². The van der Waals surface area contributed by atoms with E-state index in [1.807, 2.05) is 0 Å². The van der Waals surface area contributed by atoms with E-state index in [1.165, 1.54) is 6.42 Å². The molecule has 5 fully saturated rings. The molecule has 1 aromatic rings. The van der Waals surface area contributed by atoms with Crippen molar-refractivity contribution in [1.82, 2.24) is 10.6 Å². The molecule has 7 heteroatoms. The third kappa shape index (κ3) is 4.50. The number of carboxylic acid groups (broad SMARTS) is 1. The van der Waals surface area contributed by atoms with Crippen molar-refractivity contribution >= 4 is 23.6 Å². The average Bonchev–Trinajstić information content (AvgIpc) is 2.67. The van der Waals surface area contributed by atoms with E-state index in [0.717, 1.165) is 57.8 Å². The SMILES string of the molecule is O=C(NC1CCC(Oc2ccc(C(=O)O)cc2)CC1)NC12CC3CC(CC(Cl)(C3)C1)C2. The third-order valence-corrected chi connectivity index (χ3v) is 8.22. The summed E-state index contributed by atoms with van der Waals surface area (Å²) in [7, 11) is 0. The van der Waals surface area contributed by atoms with Gasteiger partial charge in [0.1, 0.15) is 5.75 Å². The van der Waals surface area contributed by atoms with Gasteiger partial charge >= 0.3 is 12.0 Å². The number of carboxylic acids is 1. The molecule has 1 aromatic carbocycles. The first-order chi connectivity index (χ1) is 14.8. The Morgan fingerprint density at radius 2 is 1.65 bits per heavy atom. The lowest BCUT2D eigenvalue weighted by Gasteiger charge is -2.60. The van der Waals surface area contributed by atoms with Gasteiger partial charge in [-0.05, 0) is 100 Å². The number of hydrogen-bond acceptors (Lipinski definition) is 3. The number of carbonyl (C=O) groups is 2. The molecule has 2 unspecified atom stereocenters. The number of alkyl halides is 1. The molecule has 0 saturated heterocycles. The predicted octanol–water partition coefficient (Wildman–Crippen LogP) is 4.70. The number of halogens is 1. The van der Waals surface area contributed by atoms with E-state index in [-0.39, 0.29) is 34.2 Å². The molecule has 31 heavy (non-hydrogen) atoms. The van der Waals surface area contributed by atoms with Crippen LogP contribution in [0, 0.1) is 11.8 Å². The first kappa shape index (κ1) is 20.9. The summed E-state index contributed by atoms with van der Waals surface area (Å²) in [6, 6.07) is 6.64. The van der Waals surface area contributed by atoms with Gasteiger partial charge in [0.25, 0.3) is 0 Å². The number of rotatable bonds is 5. The Labute approximate surface area is 188 Å². The van der Waals surface area contributed by atoms with Gasteiger partial charge in [-0.3, -0.25) is 0 Å². The zero-order valence-corrected chi connectivity index (χ0v) is 18.5. The Bertz CT molecular complexity index is 836. The predicted molar refractivity (Wildman–Crippen MR) is 118 cm³/mol. The van der Waals surface area contributed by atoms with Gasteiger partial charge in [0.05, 0.1) is 11.7 Å². The Morgan fingerprint density at radius 3 is 2.23 bits per heavy atom. The summed E-state index contributed by atoms with van der Waals surface area (Å²) in [5.41, 5.74) is 0.142. The minimum atomic E-state index is -0.939. The topological polar surface area (TPSA) is 87.7 Å². The largest absolute Gasteiger partial charge is 0.490 e. The minimum absolute atomic E-state index is 0.0455. The highest BCUT2D eigenvalue weighted by Crippen LogP contribution is 2.59. The second kappa shape index (κ2) is 7.88. The van der Waals surface area contributed by atoms with Crippen LogP contribution < -0.4 is 15.4 Å². The second-order valence-corrected chi connectivity index (χ2v) is 11.2. The zero-order valence-electron chi connectivity index (χ0n) is 17.7. The molecule has 2 atom stereocenters. The van der Waals surface area contributed by atoms with E-state index in [4.69, 9.17) is 21.4 Å². The molecule has 168 valence electrons. The van der Waals surface area contributed by atoms with Crippen molar-refractivity contribution in [2.45, 2.75) is 86.8 Å². The van der Waals surface area contributed by atoms with Crippen LogP contribution in [0.3, 0.4) is 0 Å². The molecule has 6 nitrogen and oxygen atoms in total. The number of benzene rings is 1. The number of nitrogens with one attached hydrogen (secondary N) is 2. The Hall–Kier alpha value is -1.95. The molecule has 5 saturated carbocycles. The summed E-state index contributed by atoms with van der Waals surface area (Å²) in [5.74, 6) is 1.08. The van der Waals surface area contributed by atoms with Crippen LogP contribution in [0.15, 0.2) is 24.3 Å². The molecule has 0 spiro atoms. The number of urea groups is 1. The lowest BCUT2D eigenvalue weighted by Crippen LogP contribution is -2.65. The molecular formula is C24H31ClN2O4. The van der Waals surface area contributed by atoms with Crippen LogP contribution in [-0.2, 0) is 0 Å². The summed E-state index contributed by atoms with van der Waals surface area (Å²) < 4.78 is 6.01. The maximum absolute atomic E-state index is 12.8. The molecule has 5 aliphatic rings. The summed E-state index contributed by atoms with van der Waals surface area (Å²) in [6.45, 7) is 0. The van der Waals surface area contributed by atoms with Gasteiger partial charge in [-0.25, -0.2) is 9.59 Å². The van der Waals surface area contributed by atoms with E-state index in [1.54, 1.807) is 24.3 Å². The van der Waals surface area contributed by atoms with E-state index < -0.39 is 5.97 Å². The minimum Gasteiger partial charge on any atom is -0.490 e. The molecule has 4 bridgehead atoms. The number of ether oxygens (including phenoxy) is 1. The molecule has 6 rings (SSSR count). The van der Waals surface area contributed by atoms with Gasteiger partial charge in [0.15, 0.2) is 0 Å². The third-order valence-electron chi connectivity index (χ3n) is 7.78. The van der Waals surface area contributed by atoms with Crippen LogP contribution in [-0.4, -0.2) is 39.7 Å². The summed E-state index contributed by atoms with van der Waals surface area (Å²) in [5, 5.41) is 15.5. The quantitative estimate of drug-likeness (QED) is 0.572. The average molecular weight is 447 g/mol. The van der Waals surface area contributed by atoms with E-state index in [2.05, 4.69) is 10.6 Å². The van der Waals surface area contributed by atoms with Gasteiger partial charge in [0, 0.05) is 16.5 Å². The van der Waals surface area contributed by atoms with Crippen LogP contribution in [0.2, 0.25) is 0 Å². The molecule has 0 heterocycles. The van der Waals surface area contributed by atoms with Gasteiger partial charge in [-0.15, -0.1) is 11.6 Å². The maximum Gasteiger partial charge on any atom is 0.335 e. The lowest BCUT2D eigenvalue weighted by molar-refractivity contribution is -0.000494. The fourth-order valence-corrected chi connectivity index (χ4v) is 7.65. The first-order valence-corrected chi connectivity index (χ1v) is 12.0. The van der Waals surface area contributed by atoms with Crippen molar-refractivity contribution < 1.29 is 19.4 Å². The normalized spacial score (nSPS) is 38.5. The monoisotopic (exact) mass is 446 g/mol. The van der Waals surface area contributed by atoms with Gasteiger partial charge in [-0.2, -0.15) is 0 Å². The fourth-order valence-electron chi connectivity index (χ4n) is 6.95. The molecule has 0 aromatic heterocycles. The van der Waals surface area contributed by atoms with Crippen molar-refractivity contribution in [3.05, 3.63) is 29.8 Å². The van der Waals surface area contributed by atoms with E-state index in [9.17, 15) is 9.59 Å². The van der Waals surface area contributed by atoms with Crippen LogP contribution in [0.5, 0.6) is 5.75 Å². The van der Waals surface area contributed by atoms with Crippen LogP contribution in [0.25, 0.3) is 0 Å². The molecule has 0 aliphatic heterocycles. The Kier molecular flexibility index (Phi) is 5.32. The molecule has 0 radical (unpaired) electrons. The number of amides is 2. The highest BCUT2D eigenvalue weighted by Gasteiger charge is 2.57. The van der Waals surface area contributed by atoms with Crippen molar-refractivity contribution in [2.75, 3.05) is 0 Å². The molecular weight excluding hydrogens is 416 g/mol. The number of carbonyl (C=O) groups excluding carboxylic acids is 1. The van der Waals surface area contributed by atoms with Gasteiger partial charge in [0.2, 0.25) is 0 Å². The summed E-state index contributed by atoms with van der Waals surface area (Å²) in [4.78, 5) is 23.7. The maximum atomic E-state index is 12.8. The van der Waals surface area contributed by atoms with Crippen molar-refractivity contribution in [3.63, 3.8) is 0 Å². The zero-order chi connectivity index (χ0) is 21.6. The number of aromatic carboxylic acids is 1. The van der Waals surface area contributed by atoms with Gasteiger partial charge in [-0.1, -0.05) is 0 Å². The highest BCUT2D eigenvalue weighted by atomic mass is 35.5. The molecule has 5 aliphatic carbocycles. The first-order valence-electron chi connectivity index (χ1n) is 11.6. The smallest absolute Gasteiger partial charge is 0.335 e. The van der Waals surface area contributed by atoms with Crippen LogP contribution in [0.1, 0.15) is 74.6 Å². The standard InChI is InChI=1S/C24H31ClN2O4/c25-23-10-15-9-16(11-23)13-24(12-15,14-23)27-22(30)26-18-3-7-20(8-4-18)31-19-5-1-17(2-6-19)21(28)29/h1-2,5-6,15-16,18,20H,3-4,7-14H2,(H,28,29)(H2,26,27,30). The van der Waals surface area contributed by atoms with Crippen LogP contribution in [0.4, 0.5) is 4.79 Å². The van der Waals surface area contributed by atoms with E-state index in [0.29, 0.717) is 17.6 Å². The van der Waals surface area contributed by atoms with Crippen molar-refractivity contribution in [2.24, 2.45) is 11.8 Å². The molecule has 3 N–H and O–H groups in total. The van der Waals surface area contributed by atoms with Crippen LogP contribution >= 0.6 is 11.6 Å².